The Kier molecular flexibility index (Phi) is 5.88. The molecule has 0 radical (unpaired) electrons. The van der Waals surface area contributed by atoms with Gasteiger partial charge in [-0.05, 0) is 65.0 Å². The van der Waals surface area contributed by atoms with Gasteiger partial charge in [-0.2, -0.15) is 0 Å². The highest BCUT2D eigenvalue weighted by Crippen LogP contribution is 2.39. The summed E-state index contributed by atoms with van der Waals surface area (Å²) < 4.78 is 5.68. The summed E-state index contributed by atoms with van der Waals surface area (Å²) in [6.45, 7) is 3.27. The van der Waals surface area contributed by atoms with Crippen molar-refractivity contribution in [3.05, 3.63) is 0 Å². The molecule has 2 aliphatic rings. The molecule has 0 aromatic heterocycles. The van der Waals surface area contributed by atoms with Gasteiger partial charge in [0.1, 0.15) is 0 Å². The van der Waals surface area contributed by atoms with Crippen LogP contribution < -0.4 is 0 Å². The van der Waals surface area contributed by atoms with Gasteiger partial charge >= 0.3 is 0 Å². The Balaban J connectivity index is 1.84. The maximum Gasteiger partial charge on any atom is 0.0723 e. The van der Waals surface area contributed by atoms with E-state index in [4.69, 9.17) is 4.74 Å². The molecule has 4 unspecified atom stereocenters. The van der Waals surface area contributed by atoms with Gasteiger partial charge in [0.25, 0.3) is 0 Å². The average Bonchev–Trinajstić information content (AvgIpc) is 2.91. The van der Waals surface area contributed by atoms with E-state index in [1.54, 1.807) is 0 Å². The number of rotatable bonds is 6. The first kappa shape index (κ1) is 16.3. The Labute approximate surface area is 124 Å². The predicted octanol–water partition coefficient (Wildman–Crippen LogP) is 3.21. The molecule has 4 atom stereocenters. The second-order valence-electron chi connectivity index (χ2n) is 7.28. The smallest absolute Gasteiger partial charge is 0.0723 e. The molecule has 0 bridgehead atoms. The maximum atomic E-state index is 10.8. The third-order valence-electron chi connectivity index (χ3n) is 5.55. The first-order valence-corrected chi connectivity index (χ1v) is 8.51. The van der Waals surface area contributed by atoms with Crippen LogP contribution in [0, 0.1) is 5.92 Å². The molecular formula is C17H33NO2. The van der Waals surface area contributed by atoms with Gasteiger partial charge in [-0.15, -0.1) is 0 Å². The molecule has 0 aromatic rings. The summed E-state index contributed by atoms with van der Waals surface area (Å²) in [5, 5.41) is 10.8. The van der Waals surface area contributed by atoms with Crippen LogP contribution in [0.3, 0.4) is 0 Å². The molecule has 1 saturated heterocycles. The molecule has 0 amide bonds. The highest BCUT2D eigenvalue weighted by Gasteiger charge is 2.42. The van der Waals surface area contributed by atoms with E-state index >= 15 is 0 Å². The fourth-order valence-corrected chi connectivity index (χ4v) is 4.25. The largest absolute Gasteiger partial charge is 0.391 e. The minimum atomic E-state index is -0.193. The van der Waals surface area contributed by atoms with Crippen LogP contribution in [0.15, 0.2) is 0 Å². The first-order chi connectivity index (χ1) is 9.54. The van der Waals surface area contributed by atoms with E-state index < -0.39 is 0 Å². The normalized spacial score (nSPS) is 36.5. The molecule has 20 heavy (non-hydrogen) atoms. The molecule has 1 saturated carbocycles. The van der Waals surface area contributed by atoms with Crippen molar-refractivity contribution in [3.63, 3.8) is 0 Å². The highest BCUT2D eigenvalue weighted by atomic mass is 16.5. The zero-order chi connectivity index (χ0) is 14.6. The number of aliphatic hydroxyl groups excluding tert-OH is 1. The minimum absolute atomic E-state index is 0.00813. The molecule has 3 nitrogen and oxygen atoms in total. The van der Waals surface area contributed by atoms with Gasteiger partial charge in [-0.25, -0.2) is 0 Å². The van der Waals surface area contributed by atoms with E-state index in [1.165, 1.54) is 25.7 Å². The zero-order valence-electron chi connectivity index (χ0n) is 13.6. The standard InChI is InChI=1S/C17H33NO2/c1-14-7-5-11-17(13-14,18(2)3)16(19)10-4-8-15-9-6-12-20-15/h14-16,19H,4-13H2,1-3H3. The van der Waals surface area contributed by atoms with Crippen LogP contribution in [0.25, 0.3) is 0 Å². The summed E-state index contributed by atoms with van der Waals surface area (Å²) in [5.41, 5.74) is 0.00813. The van der Waals surface area contributed by atoms with Crippen molar-refractivity contribution in [1.29, 1.82) is 0 Å². The topological polar surface area (TPSA) is 32.7 Å². The molecule has 1 N–H and O–H groups in total. The summed E-state index contributed by atoms with van der Waals surface area (Å²) in [4.78, 5) is 2.29. The van der Waals surface area contributed by atoms with Gasteiger partial charge in [0, 0.05) is 12.1 Å². The lowest BCUT2D eigenvalue weighted by Gasteiger charge is -2.48. The average molecular weight is 283 g/mol. The van der Waals surface area contributed by atoms with Crippen molar-refractivity contribution in [2.45, 2.75) is 82.5 Å². The van der Waals surface area contributed by atoms with Gasteiger partial charge in [0.05, 0.1) is 12.2 Å². The second-order valence-corrected chi connectivity index (χ2v) is 7.28. The van der Waals surface area contributed by atoms with Gasteiger partial charge < -0.3 is 14.7 Å². The number of likely N-dealkylation sites (N-methyl/N-ethyl adjacent to an activating group) is 1. The zero-order valence-corrected chi connectivity index (χ0v) is 13.6. The third kappa shape index (κ3) is 3.75. The predicted molar refractivity (Wildman–Crippen MR) is 82.9 cm³/mol. The molecule has 3 heteroatoms. The van der Waals surface area contributed by atoms with Crippen LogP contribution in [0.4, 0.5) is 0 Å². The molecular weight excluding hydrogens is 250 g/mol. The van der Waals surface area contributed by atoms with Crippen molar-refractivity contribution >= 4 is 0 Å². The monoisotopic (exact) mass is 283 g/mol. The van der Waals surface area contributed by atoms with Crippen molar-refractivity contribution < 1.29 is 9.84 Å². The Morgan fingerprint density at radius 1 is 1.30 bits per heavy atom. The fourth-order valence-electron chi connectivity index (χ4n) is 4.25. The lowest BCUT2D eigenvalue weighted by molar-refractivity contribution is -0.0487. The van der Waals surface area contributed by atoms with Gasteiger partial charge in [-0.1, -0.05) is 19.8 Å². The van der Waals surface area contributed by atoms with Crippen LogP contribution in [0.1, 0.15) is 64.7 Å². The lowest BCUT2D eigenvalue weighted by Crippen LogP contribution is -2.56. The number of hydrogen-bond donors (Lipinski definition) is 1. The van der Waals surface area contributed by atoms with E-state index in [2.05, 4.69) is 25.9 Å². The quantitative estimate of drug-likeness (QED) is 0.812. The minimum Gasteiger partial charge on any atom is -0.391 e. The lowest BCUT2D eigenvalue weighted by atomic mass is 9.71. The van der Waals surface area contributed by atoms with Crippen molar-refractivity contribution in [1.82, 2.24) is 4.90 Å². The van der Waals surface area contributed by atoms with E-state index in [0.29, 0.717) is 6.10 Å². The molecule has 0 spiro atoms. The van der Waals surface area contributed by atoms with E-state index in [-0.39, 0.29) is 11.6 Å². The molecule has 2 rings (SSSR count). The van der Waals surface area contributed by atoms with Gasteiger partial charge in [-0.3, -0.25) is 0 Å². The molecule has 1 aliphatic carbocycles. The summed E-state index contributed by atoms with van der Waals surface area (Å²) in [7, 11) is 4.28. The van der Waals surface area contributed by atoms with Crippen LogP contribution in [0.2, 0.25) is 0 Å². The van der Waals surface area contributed by atoms with Crippen molar-refractivity contribution in [2.75, 3.05) is 20.7 Å². The molecule has 2 fully saturated rings. The summed E-state index contributed by atoms with van der Waals surface area (Å²) in [5.74, 6) is 0.735. The Morgan fingerprint density at radius 2 is 2.10 bits per heavy atom. The number of ether oxygens (including phenoxy) is 1. The summed E-state index contributed by atoms with van der Waals surface area (Å²) >= 11 is 0. The summed E-state index contributed by atoms with van der Waals surface area (Å²) in [6.07, 6.45) is 10.7. The third-order valence-corrected chi connectivity index (χ3v) is 5.55. The molecule has 0 aromatic carbocycles. The maximum absolute atomic E-state index is 10.8. The van der Waals surface area contributed by atoms with Crippen LogP contribution in [0.5, 0.6) is 0 Å². The van der Waals surface area contributed by atoms with Crippen molar-refractivity contribution in [2.24, 2.45) is 5.92 Å². The number of hydrogen-bond acceptors (Lipinski definition) is 3. The van der Waals surface area contributed by atoms with Gasteiger partial charge in [0.15, 0.2) is 0 Å². The van der Waals surface area contributed by atoms with E-state index in [1.807, 2.05) is 0 Å². The number of aliphatic hydroxyl groups is 1. The molecule has 1 aliphatic heterocycles. The number of nitrogens with zero attached hydrogens (tertiary/aromatic N) is 1. The second kappa shape index (κ2) is 7.24. The van der Waals surface area contributed by atoms with Crippen LogP contribution >= 0.6 is 0 Å². The first-order valence-electron chi connectivity index (χ1n) is 8.51. The van der Waals surface area contributed by atoms with Gasteiger partial charge in [0.2, 0.25) is 0 Å². The Bertz CT molecular complexity index is 289. The summed E-state index contributed by atoms with van der Waals surface area (Å²) in [6, 6.07) is 0. The van der Waals surface area contributed by atoms with E-state index in [9.17, 15) is 5.11 Å². The Morgan fingerprint density at radius 3 is 2.70 bits per heavy atom. The van der Waals surface area contributed by atoms with Crippen LogP contribution in [-0.4, -0.2) is 48.5 Å². The fraction of sp³-hybridized carbons (Fsp3) is 1.00. The molecule has 118 valence electrons. The Hall–Kier alpha value is -0.120. The molecule has 1 heterocycles. The van der Waals surface area contributed by atoms with Crippen molar-refractivity contribution in [3.8, 4) is 0 Å². The van der Waals surface area contributed by atoms with E-state index in [0.717, 1.165) is 44.6 Å². The SMILES string of the molecule is CC1CCCC(C(O)CCCC2CCCO2)(N(C)C)C1. The van der Waals surface area contributed by atoms with Crippen LogP contribution in [-0.2, 0) is 4.74 Å². The highest BCUT2D eigenvalue weighted by molar-refractivity contribution is 4.98.